The third-order valence-corrected chi connectivity index (χ3v) is 5.36. The summed E-state index contributed by atoms with van der Waals surface area (Å²) in [5.74, 6) is 1.18. The van der Waals surface area contributed by atoms with E-state index in [0.717, 1.165) is 57.3 Å². The van der Waals surface area contributed by atoms with Gasteiger partial charge in [-0.2, -0.15) is 0 Å². The van der Waals surface area contributed by atoms with Gasteiger partial charge in [-0.1, -0.05) is 6.07 Å². The van der Waals surface area contributed by atoms with E-state index in [-0.39, 0.29) is 29.9 Å². The zero-order chi connectivity index (χ0) is 20.5. The monoisotopic (exact) mass is 530 g/mol. The lowest BCUT2D eigenvalue weighted by atomic mass is 10.2. The second-order valence-electron chi connectivity index (χ2n) is 7.55. The molecule has 2 saturated heterocycles. The number of guanidine groups is 1. The van der Waals surface area contributed by atoms with Crippen LogP contribution in [0.2, 0.25) is 0 Å². The van der Waals surface area contributed by atoms with Gasteiger partial charge in [-0.05, 0) is 31.9 Å². The number of morpholine rings is 1. The highest BCUT2D eigenvalue weighted by Crippen LogP contribution is 2.06. The van der Waals surface area contributed by atoms with Crippen molar-refractivity contribution in [1.82, 2.24) is 25.0 Å². The van der Waals surface area contributed by atoms with Crippen LogP contribution in [0.1, 0.15) is 18.2 Å². The number of rotatable bonds is 6. The van der Waals surface area contributed by atoms with Gasteiger partial charge >= 0.3 is 0 Å². The average Bonchev–Trinajstić information content (AvgIpc) is 2.76. The molecule has 3 rings (SSSR count). The van der Waals surface area contributed by atoms with Gasteiger partial charge in [0.15, 0.2) is 5.96 Å². The Labute approximate surface area is 197 Å². The smallest absolute Gasteiger partial charge is 0.236 e. The summed E-state index contributed by atoms with van der Waals surface area (Å²) in [5.41, 5.74) is 2.25. The average molecular weight is 530 g/mol. The van der Waals surface area contributed by atoms with Crippen LogP contribution in [0.5, 0.6) is 0 Å². The van der Waals surface area contributed by atoms with Crippen LogP contribution in [-0.4, -0.2) is 104 Å². The van der Waals surface area contributed by atoms with Crippen molar-refractivity contribution in [3.05, 3.63) is 29.6 Å². The van der Waals surface area contributed by atoms with Crippen LogP contribution < -0.4 is 5.32 Å². The first-order valence-electron chi connectivity index (χ1n) is 10.7. The van der Waals surface area contributed by atoms with Crippen molar-refractivity contribution in [2.45, 2.75) is 20.3 Å². The highest BCUT2D eigenvalue weighted by atomic mass is 127. The number of ether oxygens (including phenoxy) is 1. The van der Waals surface area contributed by atoms with E-state index in [1.165, 1.54) is 5.56 Å². The number of hydrogen-bond donors (Lipinski definition) is 1. The fraction of sp³-hybridized carbons (Fsp3) is 0.667. The number of aliphatic imine (C=N–C) groups is 1. The molecule has 3 heterocycles. The van der Waals surface area contributed by atoms with Crippen molar-refractivity contribution in [2.24, 2.45) is 4.99 Å². The molecule has 0 aromatic carbocycles. The minimum Gasteiger partial charge on any atom is -0.378 e. The van der Waals surface area contributed by atoms with Crippen molar-refractivity contribution in [2.75, 3.05) is 72.1 Å². The SMILES string of the molecule is CCNC(=NCCc1ccc(C)nc1)N1CCN(CC(=O)N2CCOCC2)CC1.I. The van der Waals surface area contributed by atoms with Gasteiger partial charge in [-0.25, -0.2) is 0 Å². The minimum absolute atomic E-state index is 0. The van der Waals surface area contributed by atoms with Crippen LogP contribution in [-0.2, 0) is 16.0 Å². The molecule has 2 fully saturated rings. The Hall–Kier alpha value is -1.46. The molecule has 0 spiro atoms. The van der Waals surface area contributed by atoms with Crippen LogP contribution >= 0.6 is 24.0 Å². The number of carbonyl (C=O) groups is 1. The Morgan fingerprint density at radius 2 is 1.87 bits per heavy atom. The van der Waals surface area contributed by atoms with E-state index in [1.807, 2.05) is 24.1 Å². The summed E-state index contributed by atoms with van der Waals surface area (Å²) < 4.78 is 5.33. The molecule has 168 valence electrons. The summed E-state index contributed by atoms with van der Waals surface area (Å²) in [5, 5.41) is 3.41. The normalized spacial score (nSPS) is 18.1. The van der Waals surface area contributed by atoms with E-state index in [2.05, 4.69) is 33.1 Å². The Kier molecular flexibility index (Phi) is 10.8. The summed E-state index contributed by atoms with van der Waals surface area (Å²) in [7, 11) is 0. The predicted molar refractivity (Wildman–Crippen MR) is 129 cm³/mol. The number of nitrogens with one attached hydrogen (secondary N) is 1. The molecule has 0 unspecified atom stereocenters. The molecular weight excluding hydrogens is 495 g/mol. The molecule has 8 nitrogen and oxygen atoms in total. The molecular formula is C21H35IN6O2. The summed E-state index contributed by atoms with van der Waals surface area (Å²) in [6.07, 6.45) is 2.82. The molecule has 0 bridgehead atoms. The number of aromatic nitrogens is 1. The second kappa shape index (κ2) is 13.1. The van der Waals surface area contributed by atoms with Crippen LogP contribution in [0.3, 0.4) is 0 Å². The lowest BCUT2D eigenvalue weighted by Gasteiger charge is -2.37. The Bertz CT molecular complexity index is 671. The highest BCUT2D eigenvalue weighted by Gasteiger charge is 2.24. The standard InChI is InChI=1S/C21H34N6O2.HI/c1-3-22-21(23-7-6-19-5-4-18(2)24-16-19)27-10-8-25(9-11-27)17-20(28)26-12-14-29-15-13-26;/h4-5,16H,3,6-15,17H2,1-2H3,(H,22,23);1H. The van der Waals surface area contributed by atoms with Gasteiger partial charge in [-0.15, -0.1) is 24.0 Å². The number of piperazine rings is 1. The van der Waals surface area contributed by atoms with Gasteiger partial charge in [-0.3, -0.25) is 19.7 Å². The van der Waals surface area contributed by atoms with Crippen molar-refractivity contribution in [3.63, 3.8) is 0 Å². The van der Waals surface area contributed by atoms with Crippen molar-refractivity contribution < 1.29 is 9.53 Å². The van der Waals surface area contributed by atoms with Gasteiger partial charge in [0.2, 0.25) is 5.91 Å². The van der Waals surface area contributed by atoms with E-state index in [9.17, 15) is 4.79 Å². The molecule has 30 heavy (non-hydrogen) atoms. The molecule has 1 amide bonds. The van der Waals surface area contributed by atoms with E-state index in [0.29, 0.717) is 32.8 Å². The molecule has 1 aromatic heterocycles. The van der Waals surface area contributed by atoms with E-state index in [1.54, 1.807) is 0 Å². The zero-order valence-electron chi connectivity index (χ0n) is 18.2. The molecule has 0 radical (unpaired) electrons. The highest BCUT2D eigenvalue weighted by molar-refractivity contribution is 14.0. The van der Waals surface area contributed by atoms with Crippen LogP contribution in [0.4, 0.5) is 0 Å². The lowest BCUT2D eigenvalue weighted by molar-refractivity contribution is -0.136. The Morgan fingerprint density at radius 3 is 2.50 bits per heavy atom. The minimum atomic E-state index is 0. The molecule has 0 saturated carbocycles. The molecule has 0 aliphatic carbocycles. The first-order chi connectivity index (χ1) is 14.2. The zero-order valence-corrected chi connectivity index (χ0v) is 20.5. The predicted octanol–water partition coefficient (Wildman–Crippen LogP) is 0.992. The first-order valence-corrected chi connectivity index (χ1v) is 10.7. The first kappa shape index (κ1) is 24.8. The number of aryl methyl sites for hydroxylation is 1. The number of nitrogens with zero attached hydrogens (tertiary/aromatic N) is 5. The molecule has 0 atom stereocenters. The second-order valence-corrected chi connectivity index (χ2v) is 7.55. The van der Waals surface area contributed by atoms with Gasteiger partial charge in [0.25, 0.3) is 0 Å². The molecule has 9 heteroatoms. The summed E-state index contributed by atoms with van der Waals surface area (Å²) in [6, 6.07) is 4.16. The number of carbonyl (C=O) groups excluding carboxylic acids is 1. The Balaban J connectivity index is 0.00000320. The van der Waals surface area contributed by atoms with Gasteiger partial charge in [0.05, 0.1) is 19.8 Å². The van der Waals surface area contributed by atoms with Crippen LogP contribution in [0.25, 0.3) is 0 Å². The van der Waals surface area contributed by atoms with E-state index >= 15 is 0 Å². The fourth-order valence-electron chi connectivity index (χ4n) is 3.58. The molecule has 1 aromatic rings. The number of pyridine rings is 1. The maximum absolute atomic E-state index is 12.5. The number of amides is 1. The van der Waals surface area contributed by atoms with Crippen molar-refractivity contribution in [3.8, 4) is 0 Å². The third-order valence-electron chi connectivity index (χ3n) is 5.36. The largest absolute Gasteiger partial charge is 0.378 e. The quantitative estimate of drug-likeness (QED) is 0.336. The Morgan fingerprint density at radius 1 is 1.13 bits per heavy atom. The fourth-order valence-corrected chi connectivity index (χ4v) is 3.58. The number of hydrogen-bond acceptors (Lipinski definition) is 5. The summed E-state index contributed by atoms with van der Waals surface area (Å²) in [6.45, 7) is 12.4. The van der Waals surface area contributed by atoms with Crippen molar-refractivity contribution in [1.29, 1.82) is 0 Å². The van der Waals surface area contributed by atoms with Gasteiger partial charge in [0.1, 0.15) is 0 Å². The van der Waals surface area contributed by atoms with Crippen molar-refractivity contribution >= 4 is 35.8 Å². The summed E-state index contributed by atoms with van der Waals surface area (Å²) in [4.78, 5) is 28.1. The van der Waals surface area contributed by atoms with Crippen LogP contribution in [0, 0.1) is 6.92 Å². The molecule has 2 aliphatic rings. The molecule has 2 aliphatic heterocycles. The summed E-state index contributed by atoms with van der Waals surface area (Å²) >= 11 is 0. The van der Waals surface area contributed by atoms with Gasteiger partial charge < -0.3 is 19.9 Å². The topological polar surface area (TPSA) is 73.3 Å². The lowest BCUT2D eigenvalue weighted by Crippen LogP contribution is -2.55. The third kappa shape index (κ3) is 7.66. The maximum Gasteiger partial charge on any atom is 0.236 e. The van der Waals surface area contributed by atoms with Crippen LogP contribution in [0.15, 0.2) is 23.3 Å². The number of halogens is 1. The van der Waals surface area contributed by atoms with E-state index in [4.69, 9.17) is 9.73 Å². The molecule has 1 N–H and O–H groups in total. The van der Waals surface area contributed by atoms with Gasteiger partial charge in [0, 0.05) is 64.2 Å². The maximum atomic E-state index is 12.5. The van der Waals surface area contributed by atoms with E-state index < -0.39 is 0 Å².